The van der Waals surface area contributed by atoms with E-state index < -0.39 is 0 Å². The predicted molar refractivity (Wildman–Crippen MR) is 98.4 cm³/mol. The predicted octanol–water partition coefficient (Wildman–Crippen LogP) is 5.99. The molecule has 0 atom stereocenters. The lowest BCUT2D eigenvalue weighted by molar-refractivity contribution is 1.53. The standard InChI is InChI=1S/C23H15/c1-3-9-18-16(7-1)13-14-22(18)23-15-17-8-2-4-10-19(17)20-11-5-6-12-21(20)23/h1-15H. The van der Waals surface area contributed by atoms with E-state index in [-0.39, 0.29) is 0 Å². The third kappa shape index (κ3) is 1.85. The zero-order valence-electron chi connectivity index (χ0n) is 12.7. The Hall–Kier alpha value is -2.86. The van der Waals surface area contributed by atoms with Gasteiger partial charge in [0.1, 0.15) is 0 Å². The van der Waals surface area contributed by atoms with Crippen LogP contribution in [-0.4, -0.2) is 0 Å². The molecule has 1 radical (unpaired) electrons. The Kier molecular flexibility index (Phi) is 2.65. The first-order valence-corrected chi connectivity index (χ1v) is 7.97. The van der Waals surface area contributed by atoms with Crippen LogP contribution in [0.5, 0.6) is 0 Å². The van der Waals surface area contributed by atoms with Gasteiger partial charge in [0.2, 0.25) is 0 Å². The minimum Gasteiger partial charge on any atom is -0.0675 e. The van der Waals surface area contributed by atoms with Gasteiger partial charge >= 0.3 is 0 Å². The Labute approximate surface area is 135 Å². The lowest BCUT2D eigenvalue weighted by Crippen LogP contribution is -1.90. The van der Waals surface area contributed by atoms with Crippen molar-refractivity contribution >= 4 is 27.1 Å². The molecule has 0 spiro atoms. The highest BCUT2D eigenvalue weighted by atomic mass is 14.2. The summed E-state index contributed by atoms with van der Waals surface area (Å²) in [6.07, 6.45) is 4.47. The van der Waals surface area contributed by atoms with Crippen molar-refractivity contribution in [2.24, 2.45) is 0 Å². The van der Waals surface area contributed by atoms with E-state index in [0.717, 1.165) is 0 Å². The summed E-state index contributed by atoms with van der Waals surface area (Å²) in [6, 6.07) is 28.3. The Morgan fingerprint density at radius 2 is 1.22 bits per heavy atom. The van der Waals surface area contributed by atoms with Crippen LogP contribution in [-0.2, 0) is 0 Å². The van der Waals surface area contributed by atoms with E-state index in [1.807, 2.05) is 0 Å². The average molecular weight is 291 g/mol. The molecule has 0 fully saturated rings. The second-order valence-electron chi connectivity index (χ2n) is 6.03. The summed E-state index contributed by atoms with van der Waals surface area (Å²) in [6.45, 7) is 0. The van der Waals surface area contributed by atoms with Crippen molar-refractivity contribution in [2.75, 3.05) is 0 Å². The minimum absolute atomic E-state index is 1.30. The summed E-state index contributed by atoms with van der Waals surface area (Å²) >= 11 is 0. The number of rotatable bonds is 1. The van der Waals surface area contributed by atoms with Crippen molar-refractivity contribution in [1.29, 1.82) is 0 Å². The van der Waals surface area contributed by atoms with Gasteiger partial charge in [-0.15, -0.1) is 0 Å². The molecule has 4 aromatic carbocycles. The highest BCUT2D eigenvalue weighted by Crippen LogP contribution is 2.39. The summed E-state index contributed by atoms with van der Waals surface area (Å²) in [5.41, 5.74) is 5.27. The van der Waals surface area contributed by atoms with Gasteiger partial charge in [-0.05, 0) is 49.9 Å². The number of benzene rings is 4. The normalized spacial score (nSPS) is 13.3. The van der Waals surface area contributed by atoms with Crippen LogP contribution in [0.2, 0.25) is 0 Å². The summed E-state index contributed by atoms with van der Waals surface area (Å²) in [4.78, 5) is 0. The summed E-state index contributed by atoms with van der Waals surface area (Å²) in [7, 11) is 0. The maximum atomic E-state index is 2.33. The van der Waals surface area contributed by atoms with Gasteiger partial charge in [-0.25, -0.2) is 0 Å². The average Bonchev–Trinajstić information content (AvgIpc) is 3.05. The SMILES string of the molecule is [CH]1C=C(c2cc3ccccc3c3ccccc23)c2ccccc21. The molecule has 0 nitrogen and oxygen atoms in total. The molecule has 0 N–H and O–H groups in total. The molecule has 0 bridgehead atoms. The lowest BCUT2D eigenvalue weighted by Gasteiger charge is -2.13. The molecule has 1 aliphatic rings. The zero-order chi connectivity index (χ0) is 15.2. The molecule has 0 aromatic heterocycles. The zero-order valence-corrected chi connectivity index (χ0v) is 12.7. The molecule has 0 unspecified atom stereocenters. The van der Waals surface area contributed by atoms with E-state index in [0.29, 0.717) is 0 Å². The molecule has 4 aromatic rings. The largest absolute Gasteiger partial charge is 0.0675 e. The molecule has 0 saturated carbocycles. The molecule has 107 valence electrons. The minimum atomic E-state index is 1.30. The van der Waals surface area contributed by atoms with E-state index in [2.05, 4.69) is 91.4 Å². The Morgan fingerprint density at radius 3 is 2.13 bits per heavy atom. The van der Waals surface area contributed by atoms with E-state index >= 15 is 0 Å². The number of hydrogen-bond acceptors (Lipinski definition) is 0. The van der Waals surface area contributed by atoms with Crippen molar-refractivity contribution < 1.29 is 0 Å². The second-order valence-corrected chi connectivity index (χ2v) is 6.03. The van der Waals surface area contributed by atoms with Crippen molar-refractivity contribution in [3.8, 4) is 0 Å². The fourth-order valence-electron chi connectivity index (χ4n) is 3.66. The molecule has 0 heterocycles. The first-order valence-electron chi connectivity index (χ1n) is 7.97. The van der Waals surface area contributed by atoms with Crippen molar-refractivity contribution in [1.82, 2.24) is 0 Å². The highest BCUT2D eigenvalue weighted by Gasteiger charge is 2.18. The van der Waals surface area contributed by atoms with E-state index in [1.165, 1.54) is 43.8 Å². The summed E-state index contributed by atoms with van der Waals surface area (Å²) < 4.78 is 0. The molecule has 0 saturated heterocycles. The van der Waals surface area contributed by atoms with Crippen LogP contribution in [0.1, 0.15) is 16.7 Å². The fraction of sp³-hybridized carbons (Fsp3) is 0. The maximum absolute atomic E-state index is 2.33. The third-order valence-electron chi connectivity index (χ3n) is 4.74. The van der Waals surface area contributed by atoms with Crippen LogP contribution in [0.15, 0.2) is 84.9 Å². The molecule has 1 aliphatic carbocycles. The van der Waals surface area contributed by atoms with Crippen molar-refractivity contribution in [3.05, 3.63) is 108 Å². The fourth-order valence-corrected chi connectivity index (χ4v) is 3.66. The monoisotopic (exact) mass is 291 g/mol. The molecular formula is C23H15. The quantitative estimate of drug-likeness (QED) is 0.378. The number of allylic oxidation sites excluding steroid dienone is 1. The van der Waals surface area contributed by atoms with Gasteiger partial charge in [-0.2, -0.15) is 0 Å². The van der Waals surface area contributed by atoms with Gasteiger partial charge in [0.05, 0.1) is 0 Å². The van der Waals surface area contributed by atoms with Gasteiger partial charge in [-0.3, -0.25) is 0 Å². The van der Waals surface area contributed by atoms with Crippen LogP contribution in [0.25, 0.3) is 27.1 Å². The van der Waals surface area contributed by atoms with Crippen LogP contribution in [0, 0.1) is 6.42 Å². The molecule has 0 heteroatoms. The molecule has 5 rings (SSSR count). The van der Waals surface area contributed by atoms with E-state index in [4.69, 9.17) is 0 Å². The summed E-state index contributed by atoms with van der Waals surface area (Å²) in [5, 5.41) is 5.27. The van der Waals surface area contributed by atoms with Gasteiger partial charge in [0.15, 0.2) is 0 Å². The number of hydrogen-bond donors (Lipinski definition) is 0. The number of fused-ring (bicyclic) bond motifs is 4. The Morgan fingerprint density at radius 1 is 0.522 bits per heavy atom. The highest BCUT2D eigenvalue weighted by molar-refractivity contribution is 6.13. The van der Waals surface area contributed by atoms with Gasteiger partial charge in [0.25, 0.3) is 0 Å². The topological polar surface area (TPSA) is 0 Å². The van der Waals surface area contributed by atoms with Crippen LogP contribution in [0.4, 0.5) is 0 Å². The smallest absolute Gasteiger partial charge is 0.0138 e. The first-order chi connectivity index (χ1) is 11.4. The molecular weight excluding hydrogens is 276 g/mol. The molecule has 0 amide bonds. The molecule has 0 aliphatic heterocycles. The second kappa shape index (κ2) is 4.82. The van der Waals surface area contributed by atoms with Crippen LogP contribution >= 0.6 is 0 Å². The lowest BCUT2D eigenvalue weighted by atomic mass is 9.91. The van der Waals surface area contributed by atoms with Crippen LogP contribution < -0.4 is 0 Å². The van der Waals surface area contributed by atoms with Crippen molar-refractivity contribution in [3.63, 3.8) is 0 Å². The molecule has 23 heavy (non-hydrogen) atoms. The van der Waals surface area contributed by atoms with Gasteiger partial charge < -0.3 is 0 Å². The Balaban J connectivity index is 1.88. The third-order valence-corrected chi connectivity index (χ3v) is 4.74. The summed E-state index contributed by atoms with van der Waals surface area (Å²) in [5.74, 6) is 0. The maximum Gasteiger partial charge on any atom is 0.0138 e. The van der Waals surface area contributed by atoms with Crippen molar-refractivity contribution in [2.45, 2.75) is 0 Å². The first kappa shape index (κ1) is 12.7. The van der Waals surface area contributed by atoms with E-state index in [9.17, 15) is 0 Å². The van der Waals surface area contributed by atoms with E-state index in [1.54, 1.807) is 0 Å². The van der Waals surface area contributed by atoms with Gasteiger partial charge in [0, 0.05) is 6.42 Å². The Bertz CT molecular complexity index is 1080. The van der Waals surface area contributed by atoms with Gasteiger partial charge in [-0.1, -0.05) is 78.9 Å². The van der Waals surface area contributed by atoms with Crippen LogP contribution in [0.3, 0.4) is 0 Å².